The fraction of sp³-hybridized carbons (Fsp3) is 0.143. The van der Waals surface area contributed by atoms with Crippen LogP contribution in [0.1, 0.15) is 90.0 Å². The molecule has 286 valence electrons. The number of nitrogens with zero attached hydrogens (tertiary/aromatic N) is 1. The molecule has 0 bridgehead atoms. The van der Waals surface area contributed by atoms with Crippen LogP contribution in [0.3, 0.4) is 0 Å². The van der Waals surface area contributed by atoms with Crippen molar-refractivity contribution in [3.8, 4) is 16.8 Å². The van der Waals surface area contributed by atoms with Crippen LogP contribution >= 0.6 is 11.3 Å². The molecule has 0 atom stereocenters. The van der Waals surface area contributed by atoms with E-state index in [4.69, 9.17) is 11.0 Å². The first-order valence-electron chi connectivity index (χ1n) is 32.8. The maximum atomic E-state index is 10.8. The molecule has 8 aromatic carbocycles. The van der Waals surface area contributed by atoms with E-state index in [1.807, 2.05) is 27.7 Å². The van der Waals surface area contributed by atoms with E-state index in [-0.39, 0.29) is 25.4 Å². The molecule has 1 nitrogen and oxygen atoms in total. The van der Waals surface area contributed by atoms with Crippen LogP contribution in [0.15, 0.2) is 187 Å². The third kappa shape index (κ3) is 5.63. The van der Waals surface area contributed by atoms with E-state index in [1.165, 1.54) is 6.07 Å². The van der Waals surface area contributed by atoms with Crippen molar-refractivity contribution in [2.45, 2.75) is 51.4 Å². The predicted molar refractivity (Wildman–Crippen MR) is 258 cm³/mol. The quantitative estimate of drug-likeness (QED) is 0.116. The molecule has 2 heterocycles. The molecule has 0 saturated carbocycles. The van der Waals surface area contributed by atoms with Crippen molar-refractivity contribution in [3.05, 3.63) is 199 Å². The molecule has 1 aliphatic carbocycles. The number of hydrogen-bond donors (Lipinski definition) is 0. The number of aromatic nitrogens is 1. The lowest BCUT2D eigenvalue weighted by atomic mass is 9.63. The molecule has 0 spiro atoms. The van der Waals surface area contributed by atoms with E-state index >= 15 is 0 Å². The Morgan fingerprint density at radius 2 is 1.07 bits per heavy atom. The van der Waals surface area contributed by atoms with Crippen LogP contribution < -0.4 is 20.7 Å². The maximum absolute atomic E-state index is 10.8. The highest BCUT2D eigenvalue weighted by Gasteiger charge is 2.44. The van der Waals surface area contributed by atoms with Gasteiger partial charge in [0, 0.05) is 36.6 Å². The van der Waals surface area contributed by atoms with E-state index < -0.39 is 242 Å². The molecule has 0 aliphatic heterocycles. The zero-order chi connectivity index (χ0) is 64.3. The van der Waals surface area contributed by atoms with Crippen LogP contribution in [0.4, 0.5) is 0 Å². The lowest BCUT2D eigenvalue weighted by molar-refractivity contribution is 0.332. The van der Waals surface area contributed by atoms with Crippen molar-refractivity contribution in [2.75, 3.05) is 0 Å². The highest BCUT2D eigenvalue weighted by atomic mass is 32.1. The molecule has 0 saturated heterocycles. The van der Waals surface area contributed by atoms with Gasteiger partial charge in [-0.05, 0) is 109 Å². The van der Waals surface area contributed by atoms with Gasteiger partial charge < -0.3 is 4.57 Å². The molecular formula is C56H47NSSi. The number of benzene rings is 8. The molecule has 2 aromatic heterocycles. The first kappa shape index (κ1) is 17.3. The second-order valence-electron chi connectivity index (χ2n) is 15.8. The topological polar surface area (TPSA) is 4.93 Å². The smallest absolute Gasteiger partial charge is 0.179 e. The summed E-state index contributed by atoms with van der Waals surface area (Å²) in [6.07, 6.45) is 1.21. The fourth-order valence-electron chi connectivity index (χ4n) is 8.43. The number of thiophene rings is 1. The molecule has 0 amide bonds. The Kier molecular flexibility index (Phi) is 3.97. The van der Waals surface area contributed by atoms with Crippen LogP contribution in [0.2, 0.25) is 0 Å². The van der Waals surface area contributed by atoms with Gasteiger partial charge in [0.1, 0.15) is 0 Å². The normalized spacial score (nSPS) is 21.6. The summed E-state index contributed by atoms with van der Waals surface area (Å²) in [7, 11) is -5.84. The van der Waals surface area contributed by atoms with Crippen molar-refractivity contribution in [1.82, 2.24) is 4.57 Å². The third-order valence-electron chi connectivity index (χ3n) is 11.5. The minimum absolute atomic E-state index is 0.0903. The molecule has 10 aromatic rings. The maximum Gasteiger partial charge on any atom is 0.179 e. The largest absolute Gasteiger partial charge is 0.309 e. The second kappa shape index (κ2) is 13.5. The molecule has 11 rings (SSSR count). The second-order valence-corrected chi connectivity index (χ2v) is 20.4. The highest BCUT2D eigenvalue weighted by Crippen LogP contribution is 2.45. The van der Waals surface area contributed by atoms with Gasteiger partial charge in [-0.3, -0.25) is 0 Å². The number of rotatable bonds is 6. The average Bonchev–Trinajstić information content (AvgIpc) is 1.65. The van der Waals surface area contributed by atoms with E-state index in [0.717, 1.165) is 10.1 Å². The Bertz CT molecular complexity index is 4740. The summed E-state index contributed by atoms with van der Waals surface area (Å²) in [6.45, 7) is 7.81. The van der Waals surface area contributed by atoms with Gasteiger partial charge in [0.05, 0.1) is 49.4 Å². The van der Waals surface area contributed by atoms with Crippen LogP contribution in [0.25, 0.3) is 58.8 Å². The summed E-state index contributed by atoms with van der Waals surface area (Å²) in [4.78, 5) is 0. The molecule has 1 aliphatic rings. The van der Waals surface area contributed by atoms with Crippen molar-refractivity contribution in [1.29, 1.82) is 0 Å². The standard InChI is InChI=1S/C56H47NSSi/c1-55(2)32-33-56(3,4)50-37-44(28-30-49(50)55)59(41-17-7-5-8-18-41,42-19-9-6-10-20-42)43-21-15-16-40(36-43)57-51-24-13-11-22-45(51)46-29-26-39(35-52(46)57)38-27-31-54-48(34-38)47-23-12-14-25-53(47)58-54/h5-31,34-37H,32-33H2,1-4H3/i5D,6D,7D,8D,9D,10D,11D,12D,13D,14D,15D,16D,17D,18D,19D,20D,21D,22D,23D,24D,25D,26D,27D,29D,31D,34D,35D,36D. The van der Waals surface area contributed by atoms with E-state index in [0.29, 0.717) is 29.7 Å². The van der Waals surface area contributed by atoms with Crippen LogP contribution in [-0.4, -0.2) is 12.6 Å². The average molecular weight is 822 g/mol. The van der Waals surface area contributed by atoms with Gasteiger partial charge in [0.25, 0.3) is 0 Å². The van der Waals surface area contributed by atoms with E-state index in [9.17, 15) is 27.4 Å². The predicted octanol–water partition coefficient (Wildman–Crippen LogP) is 12.5. The number of fused-ring (bicyclic) bond motifs is 7. The van der Waals surface area contributed by atoms with E-state index in [1.54, 1.807) is 12.1 Å². The summed E-state index contributed by atoms with van der Waals surface area (Å²) < 4.78 is 264. The van der Waals surface area contributed by atoms with Crippen molar-refractivity contribution in [3.63, 3.8) is 0 Å². The molecule has 3 heteroatoms. The van der Waals surface area contributed by atoms with Gasteiger partial charge in [-0.1, -0.05) is 173 Å². The van der Waals surface area contributed by atoms with Gasteiger partial charge in [-0.25, -0.2) is 0 Å². The summed E-state index contributed by atoms with van der Waals surface area (Å²) in [5.74, 6) is 0. The Morgan fingerprint density at radius 3 is 1.83 bits per heavy atom. The number of hydrogen-bond acceptors (Lipinski definition) is 1. The fourth-order valence-corrected chi connectivity index (χ4v) is 13.2. The van der Waals surface area contributed by atoms with Gasteiger partial charge in [0.2, 0.25) is 0 Å². The summed E-state index contributed by atoms with van der Waals surface area (Å²) >= 11 is 0.696. The van der Waals surface area contributed by atoms with Gasteiger partial charge in [0.15, 0.2) is 8.07 Å². The summed E-state index contributed by atoms with van der Waals surface area (Å²) in [6, 6.07) is -20.7. The van der Waals surface area contributed by atoms with Gasteiger partial charge in [-0.2, -0.15) is 0 Å². The van der Waals surface area contributed by atoms with Crippen molar-refractivity contribution < 1.29 is 38.4 Å². The SMILES string of the molecule is [2H]c1c([2H])c([2H])c([Si](c2ccc3c(c2)C(C)(C)CCC3(C)C)(c2c([2H])c([2H])c([2H])c([2H])c2[2H])c2c([2H])c([2H])c([2H])c(-n3c4c([2H])c([2H])c([2H])c([2H])c4c4c([2H])c([2H])c(-c5c([2H])c([2H])c6sc7c([2H])c([2H])c([2H])c([2H])c7c6c5[2H])c([2H])c43)c2[2H])c([2H])c1[2H]. The molecule has 0 fully saturated rings. The van der Waals surface area contributed by atoms with Gasteiger partial charge in [-0.15, -0.1) is 11.3 Å². The Morgan fingerprint density at radius 1 is 0.475 bits per heavy atom. The minimum atomic E-state index is -5.84. The van der Waals surface area contributed by atoms with Gasteiger partial charge >= 0.3 is 0 Å². The molecule has 0 N–H and O–H groups in total. The Balaban J connectivity index is 1.44. The van der Waals surface area contributed by atoms with Crippen LogP contribution in [0, 0.1) is 0 Å². The Labute approximate surface area is 391 Å². The van der Waals surface area contributed by atoms with E-state index in [2.05, 4.69) is 0 Å². The molecule has 0 unspecified atom stereocenters. The first-order chi connectivity index (χ1) is 40.4. The third-order valence-corrected chi connectivity index (χ3v) is 16.7. The monoisotopic (exact) mass is 821 g/mol. The van der Waals surface area contributed by atoms with Crippen molar-refractivity contribution in [2.24, 2.45) is 0 Å². The lowest BCUT2D eigenvalue weighted by Gasteiger charge is -2.43. The highest BCUT2D eigenvalue weighted by molar-refractivity contribution is 7.25. The minimum Gasteiger partial charge on any atom is -0.309 e. The molecule has 59 heavy (non-hydrogen) atoms. The van der Waals surface area contributed by atoms with Crippen molar-refractivity contribution >= 4 is 82.1 Å². The summed E-state index contributed by atoms with van der Waals surface area (Å²) in [5.41, 5.74) is -3.79. The zero-order valence-corrected chi connectivity index (χ0v) is 33.8. The number of para-hydroxylation sites is 1. The van der Waals surface area contributed by atoms with Crippen LogP contribution in [0.5, 0.6) is 0 Å². The van der Waals surface area contributed by atoms with Crippen LogP contribution in [-0.2, 0) is 10.8 Å². The summed E-state index contributed by atoms with van der Waals surface area (Å²) in [5, 5.41) is -4.16. The molecule has 0 radical (unpaired) electrons. The lowest BCUT2D eigenvalue weighted by Crippen LogP contribution is -2.75. The zero-order valence-electron chi connectivity index (χ0n) is 60.0. The Hall–Kier alpha value is -6.00. The first-order valence-corrected chi connectivity index (χ1v) is 21.6. The molecular weight excluding hydrogens is 747 g/mol.